The van der Waals surface area contributed by atoms with Gasteiger partial charge in [0.05, 0.1) is 0 Å². The summed E-state index contributed by atoms with van der Waals surface area (Å²) in [5, 5.41) is 12.9. The second-order valence-electron chi connectivity index (χ2n) is 5.19. The number of phenolic OH excluding ortho intramolecular Hbond substituents is 1. The third-order valence-corrected chi connectivity index (χ3v) is 3.51. The Morgan fingerprint density at radius 1 is 1.18 bits per heavy atom. The van der Waals surface area contributed by atoms with Crippen molar-refractivity contribution >= 4 is 0 Å². The lowest BCUT2D eigenvalue weighted by Crippen LogP contribution is -2.54. The van der Waals surface area contributed by atoms with Crippen LogP contribution in [0.25, 0.3) is 0 Å². The van der Waals surface area contributed by atoms with Crippen molar-refractivity contribution in [3.8, 4) is 5.75 Å². The Morgan fingerprint density at radius 3 is 2.24 bits per heavy atom. The number of nitrogens with one attached hydrogen (secondary N) is 1. The van der Waals surface area contributed by atoms with E-state index < -0.39 is 0 Å². The molecule has 17 heavy (non-hydrogen) atoms. The first kappa shape index (κ1) is 12.4. The Bertz CT molecular complexity index is 353. The van der Waals surface area contributed by atoms with Crippen molar-refractivity contribution in [3.05, 3.63) is 29.8 Å². The Balaban J connectivity index is 2.08. The molecule has 3 nitrogen and oxygen atoms in total. The monoisotopic (exact) mass is 234 g/mol. The zero-order valence-electron chi connectivity index (χ0n) is 10.9. The molecule has 1 aromatic rings. The van der Waals surface area contributed by atoms with Gasteiger partial charge in [0.25, 0.3) is 0 Å². The molecule has 3 heteroatoms. The average Bonchev–Trinajstić information content (AvgIpc) is 2.28. The second-order valence-corrected chi connectivity index (χ2v) is 5.19. The second kappa shape index (κ2) is 5.07. The van der Waals surface area contributed by atoms with E-state index in [0.29, 0.717) is 23.9 Å². The molecule has 3 unspecified atom stereocenters. The van der Waals surface area contributed by atoms with Gasteiger partial charge < -0.3 is 10.4 Å². The van der Waals surface area contributed by atoms with Gasteiger partial charge in [-0.05, 0) is 38.5 Å². The van der Waals surface area contributed by atoms with Gasteiger partial charge in [0.2, 0.25) is 0 Å². The van der Waals surface area contributed by atoms with E-state index in [4.69, 9.17) is 0 Å². The summed E-state index contributed by atoms with van der Waals surface area (Å²) < 4.78 is 0. The molecule has 3 atom stereocenters. The summed E-state index contributed by atoms with van der Waals surface area (Å²) in [7, 11) is 0. The number of aromatic hydroxyl groups is 1. The standard InChI is InChI=1S/C14H22N2O/c1-10-8-16(9-11(2)15-10)12(3)13-4-6-14(17)7-5-13/h4-7,10-12,15,17H,8-9H2,1-3H3. The topological polar surface area (TPSA) is 35.5 Å². The molecule has 0 aliphatic carbocycles. The summed E-state index contributed by atoms with van der Waals surface area (Å²) in [6.45, 7) is 8.84. The lowest BCUT2D eigenvalue weighted by Gasteiger charge is -2.39. The van der Waals surface area contributed by atoms with Gasteiger partial charge in [-0.25, -0.2) is 0 Å². The summed E-state index contributed by atoms with van der Waals surface area (Å²) >= 11 is 0. The summed E-state index contributed by atoms with van der Waals surface area (Å²) in [5.74, 6) is 0.336. The van der Waals surface area contributed by atoms with Gasteiger partial charge >= 0.3 is 0 Å². The van der Waals surface area contributed by atoms with E-state index in [1.54, 1.807) is 12.1 Å². The molecule has 0 aromatic heterocycles. The molecule has 0 bridgehead atoms. The minimum Gasteiger partial charge on any atom is -0.508 e. The highest BCUT2D eigenvalue weighted by Crippen LogP contribution is 2.24. The van der Waals surface area contributed by atoms with Gasteiger partial charge in [-0.2, -0.15) is 0 Å². The van der Waals surface area contributed by atoms with Crippen LogP contribution in [-0.2, 0) is 0 Å². The first-order valence-corrected chi connectivity index (χ1v) is 6.35. The van der Waals surface area contributed by atoms with Crippen LogP contribution in [0, 0.1) is 0 Å². The van der Waals surface area contributed by atoms with Crippen molar-refractivity contribution in [1.82, 2.24) is 10.2 Å². The van der Waals surface area contributed by atoms with Gasteiger partial charge in [0.15, 0.2) is 0 Å². The number of piperazine rings is 1. The van der Waals surface area contributed by atoms with Gasteiger partial charge in [-0.3, -0.25) is 4.90 Å². The maximum Gasteiger partial charge on any atom is 0.115 e. The van der Waals surface area contributed by atoms with E-state index in [1.807, 2.05) is 12.1 Å². The molecule has 1 aromatic carbocycles. The van der Waals surface area contributed by atoms with E-state index in [-0.39, 0.29) is 0 Å². The third-order valence-electron chi connectivity index (χ3n) is 3.51. The molecule has 1 aliphatic rings. The minimum atomic E-state index is 0.336. The number of hydrogen-bond acceptors (Lipinski definition) is 3. The van der Waals surface area contributed by atoms with Gasteiger partial charge in [-0.15, -0.1) is 0 Å². The molecule has 1 heterocycles. The molecule has 94 valence electrons. The molecule has 0 radical (unpaired) electrons. The van der Waals surface area contributed by atoms with E-state index in [1.165, 1.54) is 5.56 Å². The average molecular weight is 234 g/mol. The van der Waals surface area contributed by atoms with Crippen LogP contribution < -0.4 is 5.32 Å². The zero-order chi connectivity index (χ0) is 12.4. The molecule has 2 rings (SSSR count). The number of benzene rings is 1. The minimum absolute atomic E-state index is 0.336. The summed E-state index contributed by atoms with van der Waals surface area (Å²) in [6.07, 6.45) is 0. The Labute approximate surface area is 103 Å². The van der Waals surface area contributed by atoms with E-state index in [0.717, 1.165) is 13.1 Å². The molecular weight excluding hydrogens is 212 g/mol. The molecule has 1 fully saturated rings. The van der Waals surface area contributed by atoms with E-state index >= 15 is 0 Å². The number of phenols is 1. The van der Waals surface area contributed by atoms with Crippen molar-refractivity contribution < 1.29 is 5.11 Å². The predicted molar refractivity (Wildman–Crippen MR) is 70.2 cm³/mol. The van der Waals surface area contributed by atoms with Crippen molar-refractivity contribution in [1.29, 1.82) is 0 Å². The van der Waals surface area contributed by atoms with E-state index in [2.05, 4.69) is 31.0 Å². The molecule has 0 saturated carbocycles. The van der Waals surface area contributed by atoms with Crippen molar-refractivity contribution in [2.24, 2.45) is 0 Å². The van der Waals surface area contributed by atoms with Crippen LogP contribution in [0.5, 0.6) is 5.75 Å². The van der Waals surface area contributed by atoms with Gasteiger partial charge in [-0.1, -0.05) is 12.1 Å². The maximum absolute atomic E-state index is 9.31. The number of hydrogen-bond donors (Lipinski definition) is 2. The third kappa shape index (κ3) is 2.99. The Hall–Kier alpha value is -1.06. The van der Waals surface area contributed by atoms with Crippen LogP contribution >= 0.6 is 0 Å². The van der Waals surface area contributed by atoms with Gasteiger partial charge in [0.1, 0.15) is 5.75 Å². The highest BCUT2D eigenvalue weighted by molar-refractivity contribution is 5.27. The predicted octanol–water partition coefficient (Wildman–Crippen LogP) is 2.14. The molecule has 1 saturated heterocycles. The SMILES string of the molecule is CC1CN(C(C)c2ccc(O)cc2)CC(C)N1. The lowest BCUT2D eigenvalue weighted by molar-refractivity contribution is 0.131. The van der Waals surface area contributed by atoms with Gasteiger partial charge in [0, 0.05) is 31.2 Å². The van der Waals surface area contributed by atoms with Crippen LogP contribution in [0.4, 0.5) is 0 Å². The summed E-state index contributed by atoms with van der Waals surface area (Å²) in [5.41, 5.74) is 1.27. The van der Waals surface area contributed by atoms with Crippen LogP contribution in [0.3, 0.4) is 0 Å². The summed E-state index contributed by atoms with van der Waals surface area (Å²) in [4.78, 5) is 2.50. The molecule has 0 spiro atoms. The number of nitrogens with zero attached hydrogens (tertiary/aromatic N) is 1. The quantitative estimate of drug-likeness (QED) is 0.823. The van der Waals surface area contributed by atoms with Crippen LogP contribution in [0.15, 0.2) is 24.3 Å². The highest BCUT2D eigenvalue weighted by atomic mass is 16.3. The normalized spacial score (nSPS) is 27.9. The maximum atomic E-state index is 9.31. The largest absolute Gasteiger partial charge is 0.508 e. The van der Waals surface area contributed by atoms with Crippen molar-refractivity contribution in [2.45, 2.75) is 38.9 Å². The van der Waals surface area contributed by atoms with Crippen LogP contribution in [0.1, 0.15) is 32.4 Å². The van der Waals surface area contributed by atoms with Crippen LogP contribution in [0.2, 0.25) is 0 Å². The fourth-order valence-electron chi connectivity index (χ4n) is 2.65. The lowest BCUT2D eigenvalue weighted by atomic mass is 10.0. The highest BCUT2D eigenvalue weighted by Gasteiger charge is 2.25. The smallest absolute Gasteiger partial charge is 0.115 e. The van der Waals surface area contributed by atoms with E-state index in [9.17, 15) is 5.11 Å². The molecular formula is C14H22N2O. The zero-order valence-corrected chi connectivity index (χ0v) is 10.9. The molecule has 0 amide bonds. The van der Waals surface area contributed by atoms with Crippen LogP contribution in [-0.4, -0.2) is 35.2 Å². The fourth-order valence-corrected chi connectivity index (χ4v) is 2.65. The first-order valence-electron chi connectivity index (χ1n) is 6.35. The first-order chi connectivity index (χ1) is 8.06. The number of rotatable bonds is 2. The Morgan fingerprint density at radius 2 is 1.71 bits per heavy atom. The van der Waals surface area contributed by atoms with Crippen molar-refractivity contribution in [2.75, 3.05) is 13.1 Å². The molecule has 1 aliphatic heterocycles. The summed E-state index contributed by atoms with van der Waals surface area (Å²) in [6, 6.07) is 9.04. The van der Waals surface area contributed by atoms with Crippen molar-refractivity contribution in [3.63, 3.8) is 0 Å². The Kier molecular flexibility index (Phi) is 3.69. The fraction of sp³-hybridized carbons (Fsp3) is 0.571. The molecule has 2 N–H and O–H groups in total.